The van der Waals surface area contributed by atoms with Crippen molar-refractivity contribution in [3.05, 3.63) is 0 Å². The second-order valence-electron chi connectivity index (χ2n) is 5.73. The van der Waals surface area contributed by atoms with Crippen LogP contribution in [0.5, 0.6) is 0 Å². The molecule has 0 aromatic rings. The number of hydrogen-bond donors (Lipinski definition) is 0. The van der Waals surface area contributed by atoms with Gasteiger partial charge in [0.15, 0.2) is 0 Å². The van der Waals surface area contributed by atoms with Gasteiger partial charge in [0.25, 0.3) is 0 Å². The zero-order chi connectivity index (χ0) is 16.2. The van der Waals surface area contributed by atoms with Crippen molar-refractivity contribution in [2.45, 2.75) is 104 Å². The highest BCUT2D eigenvalue weighted by molar-refractivity contribution is 7.54. The van der Waals surface area contributed by atoms with E-state index in [9.17, 15) is 0 Å². The molecule has 0 heterocycles. The Balaban J connectivity index is -0.0000000319. The minimum Gasteiger partial charge on any atom is -0.134 e. The van der Waals surface area contributed by atoms with Gasteiger partial charge in [0.05, 0.1) is 0 Å². The topological polar surface area (TPSA) is 0 Å². The second-order valence-corrected chi connectivity index (χ2v) is 17.2. The maximum Gasteiger partial charge on any atom is 0.0234 e. The van der Waals surface area contributed by atoms with E-state index < -0.39 is 0 Å². The van der Waals surface area contributed by atoms with Crippen molar-refractivity contribution in [1.82, 2.24) is 0 Å². The van der Waals surface area contributed by atoms with Gasteiger partial charge in [-0.05, 0) is 17.0 Å². The lowest BCUT2D eigenvalue weighted by Gasteiger charge is -2.47. The first-order chi connectivity index (χ1) is 8.05. The molecule has 0 aliphatic heterocycles. The van der Waals surface area contributed by atoms with Crippen LogP contribution in [0.4, 0.5) is 0 Å². The Bertz CT molecular complexity index is 229. The summed E-state index contributed by atoms with van der Waals surface area (Å²) < 4.78 is 0. The predicted molar refractivity (Wildman–Crippen MR) is 170 cm³/mol. The third-order valence-electron chi connectivity index (χ3n) is 3.00. The van der Waals surface area contributed by atoms with Crippen LogP contribution in [0.3, 0.4) is 0 Å². The van der Waals surface area contributed by atoms with Crippen molar-refractivity contribution in [3.63, 3.8) is 0 Å². The Morgan fingerprint density at radius 2 is 0.680 bits per heavy atom. The predicted octanol–water partition coefficient (Wildman–Crippen LogP) is 7.94. The molecule has 0 aliphatic carbocycles. The van der Waals surface area contributed by atoms with Gasteiger partial charge in [-0.15, -0.1) is 83.2 Å². The van der Waals surface area contributed by atoms with E-state index in [1.54, 1.807) is 0 Å². The summed E-state index contributed by atoms with van der Waals surface area (Å²) in [4.78, 5) is 0.256. The standard InChI is InChI=1S/C5H18P6.C5H15P3.6CH4/c1-3(6,7)5(10,11)4(2,8)9;1-3(6)5(8)4(2)7;;;;;;/h6-11H2,1-2H3;3-5H,6-8H2,1-2H3;6*1H4. The quantitative estimate of drug-likeness (QED) is 0.325. The molecule has 0 N–H and O–H groups in total. The summed E-state index contributed by atoms with van der Waals surface area (Å²) in [6.07, 6.45) is 0. The maximum absolute atomic E-state index is 2.89. The van der Waals surface area contributed by atoms with Crippen LogP contribution in [0.15, 0.2) is 0 Å². The Hall–Kier alpha value is 3.87. The minimum absolute atomic E-state index is 0. The van der Waals surface area contributed by atoms with Gasteiger partial charge in [-0.2, -0.15) is 0 Å². The van der Waals surface area contributed by atoms with Gasteiger partial charge in [-0.1, -0.05) is 72.3 Å². The van der Waals surface area contributed by atoms with Gasteiger partial charge in [0, 0.05) is 14.7 Å². The molecule has 0 radical (unpaired) electrons. The van der Waals surface area contributed by atoms with Crippen LogP contribution >= 0.6 is 83.2 Å². The maximum atomic E-state index is 2.89. The van der Waals surface area contributed by atoms with E-state index in [-0.39, 0.29) is 59.3 Å². The molecule has 0 saturated heterocycles. The first kappa shape index (κ1) is 51.5. The Labute approximate surface area is 186 Å². The fraction of sp³-hybridized carbons (Fsp3) is 1.00. The van der Waals surface area contributed by atoms with Gasteiger partial charge in [0.1, 0.15) is 0 Å². The van der Waals surface area contributed by atoms with Crippen LogP contribution < -0.4 is 0 Å². The highest BCUT2D eigenvalue weighted by Crippen LogP contribution is 2.59. The molecule has 166 valence electrons. The summed E-state index contributed by atoms with van der Waals surface area (Å²) in [6, 6.07) is 0. The van der Waals surface area contributed by atoms with Gasteiger partial charge >= 0.3 is 0 Å². The summed E-state index contributed by atoms with van der Waals surface area (Å²) >= 11 is 0. The molecular weight excluding hydrogens is 471 g/mol. The minimum atomic E-state index is 0. The lowest BCUT2D eigenvalue weighted by atomic mass is 10.2. The molecule has 0 amide bonds. The van der Waals surface area contributed by atoms with Crippen LogP contribution in [0, 0.1) is 0 Å². The molecule has 0 rings (SSSR count). The van der Waals surface area contributed by atoms with E-state index in [2.05, 4.69) is 111 Å². The highest BCUT2D eigenvalue weighted by atomic mass is 31.1. The molecule has 11 atom stereocenters. The Kier molecular flexibility index (Phi) is 43.5. The van der Waals surface area contributed by atoms with Crippen LogP contribution in [-0.2, 0) is 0 Å². The smallest absolute Gasteiger partial charge is 0.0234 e. The number of hydrogen-bond acceptors (Lipinski definition) is 0. The summed E-state index contributed by atoms with van der Waals surface area (Å²) in [6.45, 7) is 8.77. The van der Waals surface area contributed by atoms with E-state index in [4.69, 9.17) is 0 Å². The van der Waals surface area contributed by atoms with Gasteiger partial charge in [0.2, 0.25) is 0 Å². The van der Waals surface area contributed by atoms with Crippen molar-refractivity contribution in [2.24, 2.45) is 0 Å². The molecule has 25 heavy (non-hydrogen) atoms. The van der Waals surface area contributed by atoms with Crippen molar-refractivity contribution < 1.29 is 0 Å². The lowest BCUT2D eigenvalue weighted by Crippen LogP contribution is -2.43. The average molecular weight is 528 g/mol. The molecule has 0 saturated carbocycles. The second kappa shape index (κ2) is 21.1. The first-order valence-electron chi connectivity index (χ1n) is 6.05. The molecule has 0 aliphatic rings. The molecule has 9 heteroatoms. The lowest BCUT2D eigenvalue weighted by molar-refractivity contribution is 0.694. The van der Waals surface area contributed by atoms with Crippen molar-refractivity contribution >= 4 is 83.2 Å². The number of rotatable bonds is 4. The Morgan fingerprint density at radius 1 is 0.520 bits per heavy atom. The molecule has 0 nitrogen and oxygen atoms in total. The van der Waals surface area contributed by atoms with Crippen molar-refractivity contribution in [1.29, 1.82) is 0 Å². The fourth-order valence-electron chi connectivity index (χ4n) is 1.06. The average Bonchev–Trinajstić information content (AvgIpc) is 2.13. The molecular formula is C16H57P9. The van der Waals surface area contributed by atoms with E-state index in [1.807, 2.05) is 0 Å². The van der Waals surface area contributed by atoms with Crippen LogP contribution in [0.2, 0.25) is 0 Å². The highest BCUT2D eigenvalue weighted by Gasteiger charge is 2.43. The molecule has 0 spiro atoms. The summed E-state index contributed by atoms with van der Waals surface area (Å²) in [5.74, 6) is 0. The Morgan fingerprint density at radius 3 is 0.680 bits per heavy atom. The largest absolute Gasteiger partial charge is 0.134 e. The molecule has 0 aromatic carbocycles. The van der Waals surface area contributed by atoms with Crippen LogP contribution in [0.1, 0.15) is 72.3 Å². The van der Waals surface area contributed by atoms with E-state index >= 15 is 0 Å². The van der Waals surface area contributed by atoms with Crippen molar-refractivity contribution in [2.75, 3.05) is 0 Å². The molecule has 11 unspecified atom stereocenters. The first-order valence-corrected chi connectivity index (χ1v) is 11.5. The van der Waals surface area contributed by atoms with E-state index in [0.717, 1.165) is 0 Å². The normalized spacial score (nSPS) is 13.8. The monoisotopic (exact) mass is 528 g/mol. The summed E-state index contributed by atoms with van der Waals surface area (Å²) in [7, 11) is 25.6. The van der Waals surface area contributed by atoms with Crippen LogP contribution in [0.25, 0.3) is 0 Å². The summed E-state index contributed by atoms with van der Waals surface area (Å²) in [5, 5.41) is 0. The summed E-state index contributed by atoms with van der Waals surface area (Å²) in [5.41, 5.74) is 2.12. The van der Waals surface area contributed by atoms with Gasteiger partial charge < -0.3 is 0 Å². The van der Waals surface area contributed by atoms with E-state index in [0.29, 0.717) is 17.0 Å². The fourth-order valence-corrected chi connectivity index (χ4v) is 3.93. The molecule has 0 fully saturated rings. The third-order valence-corrected chi connectivity index (χ3v) is 13.1. The van der Waals surface area contributed by atoms with Gasteiger partial charge in [-0.25, -0.2) is 0 Å². The SMILES string of the molecule is C.C.C.C.C.C.CC(P)(P)C(P)(P)C(C)(P)P.CC(P)C(P)C(C)P. The zero-order valence-electron chi connectivity index (χ0n) is 12.4. The zero-order valence-corrected chi connectivity index (χ0v) is 22.8. The van der Waals surface area contributed by atoms with Crippen molar-refractivity contribution in [3.8, 4) is 0 Å². The van der Waals surface area contributed by atoms with Gasteiger partial charge in [-0.3, -0.25) is 0 Å². The van der Waals surface area contributed by atoms with E-state index in [1.165, 1.54) is 0 Å². The molecule has 0 aromatic heterocycles. The van der Waals surface area contributed by atoms with Crippen LogP contribution in [-0.4, -0.2) is 31.7 Å². The third kappa shape index (κ3) is 20.9. The molecule has 0 bridgehead atoms.